The number of carboxylic acids is 1. The second-order valence-corrected chi connectivity index (χ2v) is 4.06. The first-order chi connectivity index (χ1) is 9.58. The van der Waals surface area contributed by atoms with Crippen molar-refractivity contribution in [2.24, 2.45) is 5.92 Å². The minimum absolute atomic E-state index is 0.0639. The van der Waals surface area contributed by atoms with Crippen molar-refractivity contribution in [1.29, 1.82) is 0 Å². The average molecular weight is 282 g/mol. The van der Waals surface area contributed by atoms with Gasteiger partial charge in [0.05, 0.1) is 13.2 Å². The molecule has 0 fully saturated rings. The molecule has 0 aromatic heterocycles. The van der Waals surface area contributed by atoms with Crippen LogP contribution in [0.1, 0.15) is 12.5 Å². The third kappa shape index (κ3) is 4.89. The van der Waals surface area contributed by atoms with Crippen molar-refractivity contribution in [2.45, 2.75) is 13.3 Å². The van der Waals surface area contributed by atoms with Gasteiger partial charge in [0.2, 0.25) is 0 Å². The Bertz CT molecular complexity index is 439. The maximum absolute atomic E-state index is 11.5. The molecule has 110 valence electrons. The lowest BCUT2D eigenvalue weighted by Gasteiger charge is -2.11. The Labute approximate surface area is 116 Å². The highest BCUT2D eigenvalue weighted by molar-refractivity contribution is 5.94. The topological polar surface area (TPSA) is 93.1 Å². The summed E-state index contributed by atoms with van der Waals surface area (Å²) in [6.45, 7) is 1.90. The van der Waals surface area contributed by atoms with Crippen molar-refractivity contribution in [2.75, 3.05) is 19.8 Å². The van der Waals surface area contributed by atoms with Crippen molar-refractivity contribution < 1.29 is 29.3 Å². The lowest BCUT2D eigenvalue weighted by atomic mass is 9.99. The summed E-state index contributed by atoms with van der Waals surface area (Å²) >= 11 is 0. The molecule has 0 aliphatic rings. The molecule has 6 nitrogen and oxygen atoms in total. The maximum Gasteiger partial charge on any atom is 0.320 e. The second-order valence-electron chi connectivity index (χ2n) is 4.06. The molecule has 0 saturated carbocycles. The second kappa shape index (κ2) is 8.16. The molecule has 2 N–H and O–H groups in total. The monoisotopic (exact) mass is 282 g/mol. The Balaban J connectivity index is 2.69. The molecule has 0 aliphatic heterocycles. The summed E-state index contributed by atoms with van der Waals surface area (Å²) in [6, 6.07) is 6.69. The number of aliphatic carboxylic acids is 1. The van der Waals surface area contributed by atoms with Crippen LogP contribution < -0.4 is 4.74 Å². The number of carbonyl (C=O) groups is 2. The van der Waals surface area contributed by atoms with Crippen LogP contribution in [0.15, 0.2) is 24.3 Å². The van der Waals surface area contributed by atoms with Crippen LogP contribution in [0, 0.1) is 5.92 Å². The molecule has 20 heavy (non-hydrogen) atoms. The van der Waals surface area contributed by atoms with Crippen molar-refractivity contribution in [3.05, 3.63) is 29.8 Å². The summed E-state index contributed by atoms with van der Waals surface area (Å²) in [5, 5.41) is 17.7. The van der Waals surface area contributed by atoms with E-state index in [1.165, 1.54) is 0 Å². The Kier molecular flexibility index (Phi) is 6.52. The summed E-state index contributed by atoms with van der Waals surface area (Å²) in [5.41, 5.74) is 0.696. The number of carboxylic acid groups (broad SMARTS) is 1. The highest BCUT2D eigenvalue weighted by atomic mass is 16.5. The smallest absolute Gasteiger partial charge is 0.320 e. The summed E-state index contributed by atoms with van der Waals surface area (Å²) in [7, 11) is 0. The molecule has 0 amide bonds. The third-order valence-corrected chi connectivity index (χ3v) is 2.59. The predicted octanol–water partition coefficient (Wildman–Crippen LogP) is 0.864. The van der Waals surface area contributed by atoms with Crippen LogP contribution in [0.4, 0.5) is 0 Å². The highest BCUT2D eigenvalue weighted by Gasteiger charge is 2.27. The van der Waals surface area contributed by atoms with Gasteiger partial charge in [0.15, 0.2) is 5.92 Å². The van der Waals surface area contributed by atoms with E-state index in [-0.39, 0.29) is 26.2 Å². The molecule has 0 heterocycles. The lowest BCUT2D eigenvalue weighted by Crippen LogP contribution is -2.27. The van der Waals surface area contributed by atoms with Gasteiger partial charge in [-0.2, -0.15) is 0 Å². The molecule has 1 aromatic carbocycles. The van der Waals surface area contributed by atoms with Crippen molar-refractivity contribution >= 4 is 11.9 Å². The molecule has 0 aliphatic carbocycles. The summed E-state index contributed by atoms with van der Waals surface area (Å²) in [6.07, 6.45) is 0.0639. The first kappa shape index (κ1) is 16.0. The Morgan fingerprint density at radius 1 is 1.25 bits per heavy atom. The molecule has 0 radical (unpaired) electrons. The van der Waals surface area contributed by atoms with Gasteiger partial charge in [-0.05, 0) is 31.0 Å². The van der Waals surface area contributed by atoms with E-state index in [1.54, 1.807) is 31.2 Å². The molecular formula is C14H18O6. The SMILES string of the molecule is CCOC(=O)C(Cc1ccc(OCCO)cc1)C(=O)O. The zero-order valence-corrected chi connectivity index (χ0v) is 11.2. The third-order valence-electron chi connectivity index (χ3n) is 2.59. The lowest BCUT2D eigenvalue weighted by molar-refractivity contribution is -0.158. The Hall–Kier alpha value is -2.08. The minimum Gasteiger partial charge on any atom is -0.491 e. The first-order valence-corrected chi connectivity index (χ1v) is 6.30. The van der Waals surface area contributed by atoms with E-state index in [2.05, 4.69) is 0 Å². The fraction of sp³-hybridized carbons (Fsp3) is 0.429. The van der Waals surface area contributed by atoms with E-state index < -0.39 is 17.9 Å². The van der Waals surface area contributed by atoms with Crippen LogP contribution in [-0.2, 0) is 20.7 Å². The van der Waals surface area contributed by atoms with Crippen LogP contribution in [0.25, 0.3) is 0 Å². The number of rotatable bonds is 8. The number of ether oxygens (including phenoxy) is 2. The number of aliphatic hydroxyl groups excluding tert-OH is 1. The van der Waals surface area contributed by atoms with Crippen molar-refractivity contribution in [3.8, 4) is 5.75 Å². The molecule has 0 saturated heterocycles. The minimum atomic E-state index is -1.21. The molecule has 6 heteroatoms. The number of carbonyl (C=O) groups excluding carboxylic acids is 1. The van der Waals surface area contributed by atoms with E-state index in [4.69, 9.17) is 19.7 Å². The Morgan fingerprint density at radius 3 is 2.40 bits per heavy atom. The average Bonchev–Trinajstić information content (AvgIpc) is 2.43. The van der Waals surface area contributed by atoms with Crippen LogP contribution in [0.2, 0.25) is 0 Å². The van der Waals surface area contributed by atoms with Gasteiger partial charge in [-0.3, -0.25) is 9.59 Å². The molecule has 0 spiro atoms. The summed E-state index contributed by atoms with van der Waals surface area (Å²) < 4.78 is 9.93. The number of hydrogen-bond donors (Lipinski definition) is 2. The Morgan fingerprint density at radius 2 is 1.90 bits per heavy atom. The fourth-order valence-electron chi connectivity index (χ4n) is 1.64. The molecular weight excluding hydrogens is 264 g/mol. The predicted molar refractivity (Wildman–Crippen MR) is 70.5 cm³/mol. The van der Waals surface area contributed by atoms with Gasteiger partial charge in [0.1, 0.15) is 12.4 Å². The van der Waals surface area contributed by atoms with Gasteiger partial charge in [0.25, 0.3) is 0 Å². The largest absolute Gasteiger partial charge is 0.491 e. The quantitative estimate of drug-likeness (QED) is 0.542. The summed E-state index contributed by atoms with van der Waals surface area (Å²) in [5.74, 6) is -2.57. The van der Waals surface area contributed by atoms with E-state index in [9.17, 15) is 9.59 Å². The van der Waals surface area contributed by atoms with E-state index >= 15 is 0 Å². The van der Waals surface area contributed by atoms with E-state index in [1.807, 2.05) is 0 Å². The van der Waals surface area contributed by atoms with Crippen LogP contribution in [-0.4, -0.2) is 42.0 Å². The van der Waals surface area contributed by atoms with Crippen LogP contribution >= 0.6 is 0 Å². The molecule has 0 bridgehead atoms. The van der Waals surface area contributed by atoms with Gasteiger partial charge in [-0.15, -0.1) is 0 Å². The zero-order chi connectivity index (χ0) is 15.0. The van der Waals surface area contributed by atoms with Crippen molar-refractivity contribution in [3.63, 3.8) is 0 Å². The van der Waals surface area contributed by atoms with Gasteiger partial charge < -0.3 is 19.7 Å². The molecule has 1 aromatic rings. The van der Waals surface area contributed by atoms with Gasteiger partial charge >= 0.3 is 11.9 Å². The summed E-state index contributed by atoms with van der Waals surface area (Å²) in [4.78, 5) is 22.6. The van der Waals surface area contributed by atoms with Crippen LogP contribution in [0.3, 0.4) is 0 Å². The molecule has 1 rings (SSSR count). The standard InChI is InChI=1S/C14H18O6/c1-2-19-14(18)12(13(16)17)9-10-3-5-11(6-4-10)20-8-7-15/h3-6,12,15H,2,7-9H2,1H3,(H,16,17). The van der Waals surface area contributed by atoms with E-state index in [0.29, 0.717) is 11.3 Å². The zero-order valence-electron chi connectivity index (χ0n) is 11.2. The molecule has 1 atom stereocenters. The first-order valence-electron chi connectivity index (χ1n) is 6.30. The normalized spacial score (nSPS) is 11.7. The van der Waals surface area contributed by atoms with E-state index in [0.717, 1.165) is 0 Å². The number of aliphatic hydroxyl groups is 1. The van der Waals surface area contributed by atoms with Gasteiger partial charge in [-0.1, -0.05) is 12.1 Å². The highest BCUT2D eigenvalue weighted by Crippen LogP contribution is 2.16. The van der Waals surface area contributed by atoms with Gasteiger partial charge in [0, 0.05) is 0 Å². The molecule has 1 unspecified atom stereocenters. The number of esters is 1. The van der Waals surface area contributed by atoms with Gasteiger partial charge in [-0.25, -0.2) is 0 Å². The fourth-order valence-corrected chi connectivity index (χ4v) is 1.64. The number of benzene rings is 1. The maximum atomic E-state index is 11.5. The van der Waals surface area contributed by atoms with Crippen LogP contribution in [0.5, 0.6) is 5.75 Å². The van der Waals surface area contributed by atoms with Crippen molar-refractivity contribution in [1.82, 2.24) is 0 Å². The number of hydrogen-bond acceptors (Lipinski definition) is 5.